The Balaban J connectivity index is 0.872. The molecule has 4 fully saturated rings. The van der Waals surface area contributed by atoms with Crippen molar-refractivity contribution in [2.45, 2.75) is 44.4 Å². The SMILES string of the molecule is Cc1cccc(N(c2ccc(-n3c4ccccc4c4ccccc43)cc2)c2ccc3ccc4c(N(c5ccccc5)c5ccc6c(c5)C5(c7ccccc7-6)C6CC7CC(C6)CC5C7)ccc5ccc2c3c54)c1. The van der Waals surface area contributed by atoms with E-state index >= 15 is 0 Å². The highest BCUT2D eigenvalue weighted by molar-refractivity contribution is 6.28. The van der Waals surface area contributed by atoms with E-state index in [1.165, 1.54) is 120 Å². The highest BCUT2D eigenvalue weighted by Crippen LogP contribution is 2.69. The van der Waals surface area contributed by atoms with Crippen molar-refractivity contribution >= 4 is 88.2 Å². The van der Waals surface area contributed by atoms with Crippen LogP contribution in [0.15, 0.2) is 218 Å². The Labute approximate surface area is 420 Å². The minimum absolute atomic E-state index is 0.0886. The normalized spacial score (nSPS) is 20.6. The zero-order valence-corrected chi connectivity index (χ0v) is 40.5. The molecule has 3 heteroatoms. The first kappa shape index (κ1) is 40.6. The van der Waals surface area contributed by atoms with Crippen molar-refractivity contribution in [1.29, 1.82) is 0 Å². The minimum Gasteiger partial charge on any atom is -0.310 e. The lowest BCUT2D eigenvalue weighted by molar-refractivity contribution is -0.0399. The van der Waals surface area contributed by atoms with Gasteiger partial charge < -0.3 is 14.4 Å². The quantitative estimate of drug-likeness (QED) is 0.148. The first-order chi connectivity index (χ1) is 35.6. The van der Waals surface area contributed by atoms with Crippen LogP contribution in [0.5, 0.6) is 0 Å². The first-order valence-corrected chi connectivity index (χ1v) is 26.3. The number of nitrogens with zero attached hydrogens (tertiary/aromatic N) is 3. The van der Waals surface area contributed by atoms with Crippen molar-refractivity contribution in [1.82, 2.24) is 4.57 Å². The van der Waals surface area contributed by atoms with Crippen molar-refractivity contribution in [2.24, 2.45) is 23.7 Å². The van der Waals surface area contributed by atoms with Crippen LogP contribution < -0.4 is 9.80 Å². The summed E-state index contributed by atoms with van der Waals surface area (Å²) in [4.78, 5) is 5.03. The van der Waals surface area contributed by atoms with E-state index in [1.807, 2.05) is 0 Å². The lowest BCUT2D eigenvalue weighted by atomic mass is 9.43. The summed E-state index contributed by atoms with van der Waals surface area (Å²) in [6, 6.07) is 82.7. The topological polar surface area (TPSA) is 11.4 Å². The molecule has 344 valence electrons. The highest BCUT2D eigenvalue weighted by atomic mass is 15.2. The fraction of sp³-hybridized carbons (Fsp3) is 0.159. The molecule has 1 aromatic heterocycles. The summed E-state index contributed by atoms with van der Waals surface area (Å²) in [5.41, 5.74) is 18.1. The minimum atomic E-state index is 0.0886. The fourth-order valence-corrected chi connectivity index (χ4v) is 15.6. The van der Waals surface area contributed by atoms with E-state index in [4.69, 9.17) is 0 Å². The van der Waals surface area contributed by atoms with Crippen LogP contribution in [0.3, 0.4) is 0 Å². The van der Waals surface area contributed by atoms with Crippen molar-refractivity contribution in [3.63, 3.8) is 0 Å². The highest BCUT2D eigenvalue weighted by Gasteiger charge is 2.61. The molecule has 17 rings (SSSR count). The van der Waals surface area contributed by atoms with Crippen LogP contribution in [-0.2, 0) is 5.41 Å². The van der Waals surface area contributed by atoms with Gasteiger partial charge in [0.25, 0.3) is 0 Å². The number of hydrogen-bond donors (Lipinski definition) is 0. The molecule has 1 heterocycles. The van der Waals surface area contributed by atoms with E-state index in [9.17, 15) is 0 Å². The van der Waals surface area contributed by atoms with Crippen LogP contribution in [0.25, 0.3) is 70.9 Å². The summed E-state index contributed by atoms with van der Waals surface area (Å²) in [7, 11) is 0. The third-order valence-corrected chi connectivity index (χ3v) is 18.1. The molecule has 5 aliphatic rings. The van der Waals surface area contributed by atoms with Crippen LogP contribution in [0.1, 0.15) is 48.8 Å². The predicted molar refractivity (Wildman–Crippen MR) is 302 cm³/mol. The van der Waals surface area contributed by atoms with E-state index in [1.54, 1.807) is 11.1 Å². The summed E-state index contributed by atoms with van der Waals surface area (Å²) in [5.74, 6) is 3.21. The number of benzene rings is 11. The van der Waals surface area contributed by atoms with Gasteiger partial charge in [0.05, 0.1) is 22.4 Å². The number of fused-ring (bicyclic) bond motifs is 6. The van der Waals surface area contributed by atoms with Crippen molar-refractivity contribution < 1.29 is 0 Å². The van der Waals surface area contributed by atoms with E-state index < -0.39 is 0 Å². The van der Waals surface area contributed by atoms with E-state index in [0.29, 0.717) is 11.8 Å². The second-order valence-electron chi connectivity index (χ2n) is 21.8. The molecule has 72 heavy (non-hydrogen) atoms. The van der Waals surface area contributed by atoms with Crippen LogP contribution >= 0.6 is 0 Å². The van der Waals surface area contributed by atoms with Gasteiger partial charge in [-0.1, -0.05) is 133 Å². The van der Waals surface area contributed by atoms with Gasteiger partial charge in [-0.2, -0.15) is 0 Å². The molecule has 3 nitrogen and oxygen atoms in total. The molecule has 12 aromatic rings. The average molecular weight is 924 g/mol. The molecule has 0 radical (unpaired) electrons. The fourth-order valence-electron chi connectivity index (χ4n) is 15.6. The summed E-state index contributed by atoms with van der Waals surface area (Å²) in [6.07, 6.45) is 6.95. The maximum absolute atomic E-state index is 2.65. The van der Waals surface area contributed by atoms with Gasteiger partial charge in [0.2, 0.25) is 0 Å². The molecule has 0 amide bonds. The van der Waals surface area contributed by atoms with Gasteiger partial charge >= 0.3 is 0 Å². The Morgan fingerprint density at radius 3 is 1.54 bits per heavy atom. The van der Waals surface area contributed by atoms with E-state index in [0.717, 1.165) is 34.6 Å². The van der Waals surface area contributed by atoms with Gasteiger partial charge in [-0.3, -0.25) is 0 Å². The molecule has 4 saturated carbocycles. The van der Waals surface area contributed by atoms with Gasteiger partial charge in [-0.05, 0) is 197 Å². The van der Waals surface area contributed by atoms with Gasteiger partial charge in [0.1, 0.15) is 0 Å². The van der Waals surface area contributed by atoms with Crippen LogP contribution in [0.2, 0.25) is 0 Å². The second-order valence-corrected chi connectivity index (χ2v) is 21.8. The number of aryl methyl sites for hydroxylation is 1. The average Bonchev–Trinajstić information content (AvgIpc) is 3.92. The molecule has 11 aromatic carbocycles. The predicted octanol–water partition coefficient (Wildman–Crippen LogP) is 18.7. The Morgan fingerprint density at radius 1 is 0.389 bits per heavy atom. The van der Waals surface area contributed by atoms with Crippen LogP contribution in [0, 0.1) is 30.6 Å². The number of para-hydroxylation sites is 3. The summed E-state index contributed by atoms with van der Waals surface area (Å²) in [5, 5.41) is 10.2. The number of hydrogen-bond acceptors (Lipinski definition) is 2. The van der Waals surface area contributed by atoms with Crippen molar-refractivity contribution in [3.8, 4) is 16.8 Å². The molecule has 0 N–H and O–H groups in total. The van der Waals surface area contributed by atoms with Gasteiger partial charge in [0, 0.05) is 55.4 Å². The zero-order valence-electron chi connectivity index (χ0n) is 40.5. The molecular weight excluding hydrogens is 871 g/mol. The van der Waals surface area contributed by atoms with Gasteiger partial charge in [-0.25, -0.2) is 0 Å². The maximum Gasteiger partial charge on any atom is 0.0541 e. The van der Waals surface area contributed by atoms with E-state index in [-0.39, 0.29) is 5.41 Å². The summed E-state index contributed by atoms with van der Waals surface area (Å²) in [6.45, 7) is 2.19. The van der Waals surface area contributed by atoms with Crippen LogP contribution in [-0.4, -0.2) is 4.57 Å². The lowest BCUT2D eigenvalue weighted by Gasteiger charge is -2.61. The molecule has 5 aliphatic carbocycles. The monoisotopic (exact) mass is 923 g/mol. The number of anilines is 6. The molecule has 1 spiro atoms. The first-order valence-electron chi connectivity index (χ1n) is 26.3. The molecule has 4 bridgehead atoms. The van der Waals surface area contributed by atoms with Crippen molar-refractivity contribution in [2.75, 3.05) is 9.80 Å². The second kappa shape index (κ2) is 15.2. The maximum atomic E-state index is 2.65. The molecular formula is C69H53N3. The smallest absolute Gasteiger partial charge is 0.0541 e. The third-order valence-electron chi connectivity index (χ3n) is 18.1. The summed E-state index contributed by atoms with van der Waals surface area (Å²) < 4.78 is 2.40. The lowest BCUT2D eigenvalue weighted by Crippen LogP contribution is -2.55. The molecule has 0 unspecified atom stereocenters. The molecule has 0 aliphatic heterocycles. The summed E-state index contributed by atoms with van der Waals surface area (Å²) >= 11 is 0. The molecule has 0 saturated heterocycles. The zero-order chi connectivity index (χ0) is 47.2. The van der Waals surface area contributed by atoms with E-state index in [2.05, 4.69) is 240 Å². The Bertz CT molecular complexity index is 4060. The standard InChI is InChI=1S/C69H53N3/c1-43-12-11-15-53(36-43)71(51-26-28-52(29-27-51)72-63-20-9-6-17-57(63)58-18-7-10-21-64(58)72)66-35-25-47-22-31-59-65(34-24-46-23-32-60(66)68(47)67(46)59)70(50-13-3-2-4-14-50)54-30-33-56-55-16-5-8-19-61(55)69(62(56)42-54)48-38-44-37-45(40-48)41-49(69)39-44/h2-36,42,44-45,48-49H,37-41H2,1H3. The number of rotatable bonds is 7. The van der Waals surface area contributed by atoms with Gasteiger partial charge in [-0.15, -0.1) is 0 Å². The molecule has 0 atom stereocenters. The largest absolute Gasteiger partial charge is 0.310 e. The Kier molecular flexibility index (Phi) is 8.56. The van der Waals surface area contributed by atoms with Crippen LogP contribution in [0.4, 0.5) is 34.1 Å². The Hall–Kier alpha value is -8.14. The van der Waals surface area contributed by atoms with Crippen molar-refractivity contribution in [3.05, 3.63) is 235 Å². The Morgan fingerprint density at radius 2 is 0.903 bits per heavy atom. The number of aromatic nitrogens is 1. The third kappa shape index (κ3) is 5.62. The van der Waals surface area contributed by atoms with Gasteiger partial charge in [0.15, 0.2) is 0 Å².